The number of halogens is 6. The second-order valence-electron chi connectivity index (χ2n) is 7.97. The smallest absolute Gasteiger partial charge is 0.371 e. The summed E-state index contributed by atoms with van der Waals surface area (Å²) < 4.78 is 84.6. The first-order valence-electron chi connectivity index (χ1n) is 9.75. The number of carbonyl (C=O) groups is 1. The summed E-state index contributed by atoms with van der Waals surface area (Å²) in [5, 5.41) is 3.29. The molecule has 0 radical (unpaired) electrons. The number of piperidine rings is 1. The van der Waals surface area contributed by atoms with Crippen LogP contribution in [-0.4, -0.2) is 17.9 Å². The van der Waals surface area contributed by atoms with E-state index in [1.54, 1.807) is 12.1 Å². The summed E-state index contributed by atoms with van der Waals surface area (Å²) in [5.74, 6) is 0.0216. The van der Waals surface area contributed by atoms with Crippen molar-refractivity contribution in [2.75, 3.05) is 0 Å². The van der Waals surface area contributed by atoms with Gasteiger partial charge in [0.05, 0.1) is 35.4 Å². The van der Waals surface area contributed by atoms with Gasteiger partial charge < -0.3 is 4.74 Å². The minimum atomic E-state index is -4.92. The molecule has 3 nitrogen and oxygen atoms in total. The van der Waals surface area contributed by atoms with Gasteiger partial charge in [-0.2, -0.15) is 26.3 Å². The molecule has 9 heteroatoms. The number of hydrogen-bond acceptors (Lipinski definition) is 3. The molecule has 2 aliphatic heterocycles. The Kier molecular flexibility index (Phi) is 5.37. The Morgan fingerprint density at radius 2 is 1.55 bits per heavy atom. The lowest BCUT2D eigenvalue weighted by Crippen LogP contribution is -2.54. The van der Waals surface area contributed by atoms with Crippen molar-refractivity contribution in [1.82, 2.24) is 5.32 Å². The summed E-state index contributed by atoms with van der Waals surface area (Å²) in [5.41, 5.74) is -3.03. The minimum Gasteiger partial charge on any atom is -0.371 e. The molecule has 0 aliphatic carbocycles. The number of fused-ring (bicyclic) bond motifs is 2. The highest BCUT2D eigenvalue weighted by Gasteiger charge is 2.54. The van der Waals surface area contributed by atoms with E-state index < -0.39 is 41.7 Å². The standard InChI is InChI=1S/C22H19F6NO2/c23-21(24,25)15-8-13(9-16(10-15)22(26,27)28)12-31-19-7-6-17-18(30)11-20(19,29-17)14-4-2-1-3-5-14/h1-5,8-10,17,19,29H,6-7,11-12H2. The second-order valence-corrected chi connectivity index (χ2v) is 7.97. The highest BCUT2D eigenvalue weighted by molar-refractivity contribution is 5.88. The van der Waals surface area contributed by atoms with Crippen molar-refractivity contribution >= 4 is 5.78 Å². The number of ether oxygens (including phenoxy) is 1. The van der Waals surface area contributed by atoms with Crippen LogP contribution in [-0.2, 0) is 34.0 Å². The van der Waals surface area contributed by atoms with Crippen molar-refractivity contribution in [3.05, 3.63) is 70.8 Å². The first-order chi connectivity index (χ1) is 14.5. The molecule has 2 aromatic carbocycles. The quantitative estimate of drug-likeness (QED) is 0.658. The maximum atomic E-state index is 13.1. The summed E-state index contributed by atoms with van der Waals surface area (Å²) in [6.45, 7) is -0.438. The summed E-state index contributed by atoms with van der Waals surface area (Å²) in [6.07, 6.45) is -9.31. The van der Waals surface area contributed by atoms with Gasteiger partial charge in [0.2, 0.25) is 0 Å². The van der Waals surface area contributed by atoms with Crippen molar-refractivity contribution < 1.29 is 35.9 Å². The van der Waals surface area contributed by atoms with Crippen LogP contribution in [0.3, 0.4) is 0 Å². The molecule has 1 N–H and O–H groups in total. The van der Waals surface area contributed by atoms with Crippen LogP contribution >= 0.6 is 0 Å². The molecule has 2 fully saturated rings. The number of benzene rings is 2. The number of rotatable bonds is 4. The van der Waals surface area contributed by atoms with E-state index in [0.717, 1.165) is 5.56 Å². The van der Waals surface area contributed by atoms with Gasteiger partial charge in [0, 0.05) is 6.42 Å². The van der Waals surface area contributed by atoms with Gasteiger partial charge in [0.25, 0.3) is 0 Å². The first kappa shape index (κ1) is 21.8. The lowest BCUT2D eigenvalue weighted by molar-refractivity contribution is -0.143. The molecule has 0 aromatic heterocycles. The summed E-state index contributed by atoms with van der Waals surface area (Å²) in [6, 6.07) is 10.2. The Bertz CT molecular complexity index is 940. The van der Waals surface area contributed by atoms with Gasteiger partial charge in [-0.05, 0) is 42.2 Å². The summed E-state index contributed by atoms with van der Waals surface area (Å²) in [4.78, 5) is 12.4. The molecule has 0 amide bonds. The third kappa shape index (κ3) is 4.21. The molecule has 31 heavy (non-hydrogen) atoms. The number of nitrogens with one attached hydrogen (secondary N) is 1. The van der Waals surface area contributed by atoms with E-state index in [1.165, 1.54) is 0 Å². The number of alkyl halides is 6. The number of carbonyl (C=O) groups excluding carboxylic acids is 1. The van der Waals surface area contributed by atoms with Crippen molar-refractivity contribution in [2.45, 2.75) is 55.9 Å². The molecule has 4 rings (SSSR count). The zero-order valence-electron chi connectivity index (χ0n) is 16.2. The van der Waals surface area contributed by atoms with Gasteiger partial charge >= 0.3 is 12.4 Å². The maximum Gasteiger partial charge on any atom is 0.416 e. The molecular weight excluding hydrogens is 424 g/mol. The van der Waals surface area contributed by atoms with Crippen molar-refractivity contribution in [2.24, 2.45) is 0 Å². The number of Topliss-reactive ketones (excluding diaryl/α,β-unsaturated/α-hetero) is 1. The van der Waals surface area contributed by atoms with Crippen molar-refractivity contribution in [1.29, 1.82) is 0 Å². The van der Waals surface area contributed by atoms with E-state index >= 15 is 0 Å². The zero-order valence-corrected chi connectivity index (χ0v) is 16.2. The van der Waals surface area contributed by atoms with Gasteiger partial charge in [0.15, 0.2) is 5.78 Å². The predicted molar refractivity (Wildman–Crippen MR) is 98.9 cm³/mol. The van der Waals surface area contributed by atoms with Crippen LogP contribution in [0.15, 0.2) is 48.5 Å². The Morgan fingerprint density at radius 1 is 0.935 bits per heavy atom. The fourth-order valence-electron chi connectivity index (χ4n) is 4.48. The topological polar surface area (TPSA) is 38.3 Å². The van der Waals surface area contributed by atoms with E-state index in [1.807, 2.05) is 18.2 Å². The molecule has 166 valence electrons. The normalized spacial score (nSPS) is 26.3. The molecule has 2 bridgehead atoms. The molecule has 0 saturated carbocycles. The average Bonchev–Trinajstić information content (AvgIpc) is 2.98. The molecule has 0 spiro atoms. The van der Waals surface area contributed by atoms with Crippen LogP contribution in [0.25, 0.3) is 0 Å². The van der Waals surface area contributed by atoms with Crippen LogP contribution in [0, 0.1) is 0 Å². The largest absolute Gasteiger partial charge is 0.416 e. The molecule has 2 aliphatic rings. The maximum absolute atomic E-state index is 13.1. The Hall–Kier alpha value is -2.39. The van der Waals surface area contributed by atoms with Crippen LogP contribution in [0.5, 0.6) is 0 Å². The molecule has 2 aromatic rings. The lowest BCUT2D eigenvalue weighted by Gasteiger charge is -2.41. The summed E-state index contributed by atoms with van der Waals surface area (Å²) in [7, 11) is 0. The van der Waals surface area contributed by atoms with Crippen LogP contribution in [0.4, 0.5) is 26.3 Å². The van der Waals surface area contributed by atoms with E-state index in [9.17, 15) is 31.1 Å². The zero-order chi connectivity index (χ0) is 22.4. The average molecular weight is 443 g/mol. The number of hydrogen-bond donors (Lipinski definition) is 1. The number of ketones is 1. The highest BCUT2D eigenvalue weighted by Crippen LogP contribution is 2.44. The van der Waals surface area contributed by atoms with Crippen LogP contribution in [0.1, 0.15) is 41.5 Å². The van der Waals surface area contributed by atoms with Gasteiger partial charge in [-0.15, -0.1) is 0 Å². The minimum absolute atomic E-state index is 0.0216. The molecule has 2 heterocycles. The molecule has 2 saturated heterocycles. The Labute approximate surface area is 174 Å². The summed E-state index contributed by atoms with van der Waals surface area (Å²) >= 11 is 0. The SMILES string of the molecule is O=C1CC2(c3ccccc3)NC1CCC2OCc1cc(C(F)(F)F)cc(C(F)(F)F)c1. The van der Waals surface area contributed by atoms with Crippen molar-refractivity contribution in [3.8, 4) is 0 Å². The van der Waals surface area contributed by atoms with Gasteiger partial charge in [0.1, 0.15) is 0 Å². The fourth-order valence-corrected chi connectivity index (χ4v) is 4.48. The molecule has 3 atom stereocenters. The van der Waals surface area contributed by atoms with Crippen LogP contribution in [0.2, 0.25) is 0 Å². The third-order valence-corrected chi connectivity index (χ3v) is 5.93. The van der Waals surface area contributed by atoms with Crippen LogP contribution < -0.4 is 5.32 Å². The van der Waals surface area contributed by atoms with E-state index in [2.05, 4.69) is 5.32 Å². The molecular formula is C22H19F6NO2. The fraction of sp³-hybridized carbons (Fsp3) is 0.409. The Morgan fingerprint density at radius 3 is 2.13 bits per heavy atom. The third-order valence-electron chi connectivity index (χ3n) is 5.93. The first-order valence-corrected chi connectivity index (χ1v) is 9.75. The van der Waals surface area contributed by atoms with E-state index in [0.29, 0.717) is 25.0 Å². The van der Waals surface area contributed by atoms with E-state index in [-0.39, 0.29) is 29.9 Å². The van der Waals surface area contributed by atoms with Gasteiger partial charge in [-0.1, -0.05) is 30.3 Å². The van der Waals surface area contributed by atoms with Crippen molar-refractivity contribution in [3.63, 3.8) is 0 Å². The predicted octanol–water partition coefficient (Wildman–Crippen LogP) is 5.23. The monoisotopic (exact) mass is 443 g/mol. The second kappa shape index (κ2) is 7.63. The van der Waals surface area contributed by atoms with Gasteiger partial charge in [-0.25, -0.2) is 0 Å². The van der Waals surface area contributed by atoms with Gasteiger partial charge in [-0.3, -0.25) is 10.1 Å². The highest BCUT2D eigenvalue weighted by atomic mass is 19.4. The van der Waals surface area contributed by atoms with E-state index in [4.69, 9.17) is 4.74 Å². The molecule has 3 unspecified atom stereocenters. The Balaban J connectivity index is 1.63. The lowest BCUT2D eigenvalue weighted by atomic mass is 9.80.